The summed E-state index contributed by atoms with van der Waals surface area (Å²) in [6, 6.07) is 53.9. The first-order chi connectivity index (χ1) is 72.1. The number of nitrogens with one attached hydrogen (secondary N) is 8. The second kappa shape index (κ2) is 44.0. The van der Waals surface area contributed by atoms with E-state index in [1.54, 1.807) is 84.9 Å². The molecule has 8 aliphatic heterocycles. The molecule has 0 radical (unpaired) electrons. The van der Waals surface area contributed by atoms with Gasteiger partial charge in [0.15, 0.2) is 23.3 Å². The number of aryl methyl sites for hydroxylation is 2. The Morgan fingerprint density at radius 2 is 0.628 bits per heavy atom. The molecule has 24 rings (SSSR count). The van der Waals surface area contributed by atoms with Crippen LogP contribution in [0.5, 0.6) is 0 Å². The molecule has 0 aliphatic carbocycles. The molecular weight excluding hydrogens is 2040 g/mol. The summed E-state index contributed by atoms with van der Waals surface area (Å²) in [5.41, 5.74) is 12.3. The minimum atomic E-state index is -0.642. The van der Waals surface area contributed by atoms with E-state index in [9.17, 15) is 43.5 Å². The lowest BCUT2D eigenvalue weighted by molar-refractivity contribution is 0.0143. The third-order valence-electron chi connectivity index (χ3n) is 26.2. The van der Waals surface area contributed by atoms with Crippen LogP contribution in [0.15, 0.2) is 207 Å². The molecular formula is C105H94Cl4N24O11S4. The maximum Gasteiger partial charge on any atom is 0.332 e. The molecule has 4 fully saturated rings. The fourth-order valence-corrected chi connectivity index (χ4v) is 24.0. The number of benzene rings is 8. The number of nitrogens with zero attached hydrogens (tertiary/aromatic N) is 16. The lowest BCUT2D eigenvalue weighted by Gasteiger charge is -2.29. The number of β-amino-alcohol motifs (C(OH)–C–C–N with tert-alkyl or cyclic N) is 1. The Morgan fingerprint density at radius 1 is 0.345 bits per heavy atom. The van der Waals surface area contributed by atoms with E-state index in [0.29, 0.717) is 192 Å². The van der Waals surface area contributed by atoms with Crippen molar-refractivity contribution < 1.29 is 52.9 Å². The largest absolute Gasteiger partial charge is 0.387 e. The number of aromatic nitrogens is 8. The molecule has 16 heterocycles. The second-order valence-corrected chi connectivity index (χ2v) is 41.7. The SMILES string of the molecule is Cc1cccc(Cl)c1N1C(=O)Nc2c(C(=O)Nc3ccc(C(O)CN4CCOCC4)cc3)sc3ncnc1c23.Cc1cccc(Cl)c1N1C(=O)Nc2c(C(=O)Nc3ccc(CN4CCCCC4)cc3)sc3ncnc1c23.O=C(Nc1ccc(CN2CCCCC2)cc1)c1sc2ncnc3c2c1NC(=O)N3c1ccccc1Cl.O=C(Nc1ccc(CN2CCOCC2)cc1)c1sc2ncnc3c2c1NC(=O)N3c1ccccc1Cl. The predicted octanol–water partition coefficient (Wildman–Crippen LogP) is 22.9. The van der Waals surface area contributed by atoms with E-state index in [1.165, 1.54) is 145 Å². The number of amides is 12. The van der Waals surface area contributed by atoms with Gasteiger partial charge in [-0.3, -0.25) is 38.8 Å². The second-order valence-electron chi connectivity index (χ2n) is 36.0. The van der Waals surface area contributed by atoms with Crippen LogP contribution in [-0.4, -0.2) is 198 Å². The van der Waals surface area contributed by atoms with Gasteiger partial charge in [-0.15, -0.1) is 45.3 Å². The van der Waals surface area contributed by atoms with Gasteiger partial charge >= 0.3 is 24.1 Å². The molecule has 16 aromatic rings. The number of hydrogen-bond donors (Lipinski definition) is 9. The summed E-state index contributed by atoms with van der Waals surface area (Å²) < 4.78 is 10.8. The maximum absolute atomic E-state index is 13.3. The molecule has 8 aromatic heterocycles. The first-order valence-corrected chi connectivity index (χ1v) is 52.7. The zero-order valence-electron chi connectivity index (χ0n) is 79.6. The van der Waals surface area contributed by atoms with Gasteiger partial charge in [0.1, 0.15) is 64.1 Å². The Hall–Kier alpha value is -14.2. The number of piperidine rings is 2. The molecule has 1 unspecified atom stereocenters. The minimum Gasteiger partial charge on any atom is -0.387 e. The zero-order chi connectivity index (χ0) is 102. The normalized spacial score (nSPS) is 15.8. The van der Waals surface area contributed by atoms with Crippen LogP contribution in [0.3, 0.4) is 0 Å². The van der Waals surface area contributed by atoms with E-state index in [-0.39, 0.29) is 23.6 Å². The van der Waals surface area contributed by atoms with Crippen molar-refractivity contribution in [3.8, 4) is 0 Å². The first-order valence-electron chi connectivity index (χ1n) is 48.0. The Labute approximate surface area is 883 Å². The molecule has 752 valence electrons. The molecule has 12 amide bonds. The summed E-state index contributed by atoms with van der Waals surface area (Å²) in [6.45, 7) is 17.8. The van der Waals surface area contributed by atoms with Crippen molar-refractivity contribution in [2.75, 3.05) is 147 Å². The maximum atomic E-state index is 13.3. The lowest BCUT2D eigenvalue weighted by atomic mass is 10.1. The average Bonchev–Trinajstić information content (AvgIpc) is 1.58. The van der Waals surface area contributed by atoms with Crippen LogP contribution >= 0.6 is 91.8 Å². The molecule has 4 saturated heterocycles. The quantitative estimate of drug-likeness (QED) is 0.0323. The van der Waals surface area contributed by atoms with Crippen LogP contribution in [0.1, 0.15) is 117 Å². The van der Waals surface area contributed by atoms with Crippen LogP contribution in [0.4, 0.5) is 111 Å². The van der Waals surface area contributed by atoms with Crippen molar-refractivity contribution >= 4 is 272 Å². The number of morpholine rings is 2. The third kappa shape index (κ3) is 21.0. The van der Waals surface area contributed by atoms with Crippen molar-refractivity contribution in [1.82, 2.24) is 59.5 Å². The fourth-order valence-electron chi connectivity index (χ4n) is 19.0. The molecule has 1 atom stereocenters. The van der Waals surface area contributed by atoms with Crippen LogP contribution < -0.4 is 62.1 Å². The summed E-state index contributed by atoms with van der Waals surface area (Å²) in [5.74, 6) is 0.208. The highest BCUT2D eigenvalue weighted by molar-refractivity contribution is 7.23. The summed E-state index contributed by atoms with van der Waals surface area (Å²) >= 11 is 30.5. The molecule has 0 spiro atoms. The molecule has 35 nitrogen and oxygen atoms in total. The minimum absolute atomic E-state index is 0.310. The lowest BCUT2D eigenvalue weighted by Crippen LogP contribution is -2.38. The van der Waals surface area contributed by atoms with Gasteiger partial charge in [-0.05, 0) is 184 Å². The number of aliphatic hydroxyl groups is 1. The van der Waals surface area contributed by atoms with E-state index in [4.69, 9.17) is 55.9 Å². The van der Waals surface area contributed by atoms with Gasteiger partial charge in [-0.1, -0.05) is 156 Å². The Balaban J connectivity index is 0.000000116. The zero-order valence-corrected chi connectivity index (χ0v) is 85.9. The summed E-state index contributed by atoms with van der Waals surface area (Å²) in [7, 11) is 0. The number of para-hydroxylation sites is 4. The highest BCUT2D eigenvalue weighted by Gasteiger charge is 2.41. The van der Waals surface area contributed by atoms with E-state index in [0.717, 1.165) is 102 Å². The molecule has 0 bridgehead atoms. The van der Waals surface area contributed by atoms with Crippen molar-refractivity contribution in [3.05, 3.63) is 280 Å². The number of carbonyl (C=O) groups excluding carboxylic acids is 8. The molecule has 43 heteroatoms. The van der Waals surface area contributed by atoms with Gasteiger partial charge < -0.3 is 57.1 Å². The fraction of sp³-hybridized carbons (Fsp3) is 0.238. The summed E-state index contributed by atoms with van der Waals surface area (Å²) in [4.78, 5) is 160. The molecule has 9 N–H and O–H groups in total. The number of hydrogen-bond acceptors (Lipinski definition) is 27. The van der Waals surface area contributed by atoms with Crippen molar-refractivity contribution in [2.45, 2.75) is 78.1 Å². The van der Waals surface area contributed by atoms with Crippen LogP contribution in [0.25, 0.3) is 40.9 Å². The van der Waals surface area contributed by atoms with E-state index in [1.807, 2.05) is 111 Å². The average molecular weight is 2140 g/mol. The van der Waals surface area contributed by atoms with E-state index in [2.05, 4.69) is 102 Å². The van der Waals surface area contributed by atoms with Gasteiger partial charge in [-0.2, -0.15) is 0 Å². The molecule has 0 saturated carbocycles. The van der Waals surface area contributed by atoms with Gasteiger partial charge in [0.05, 0.1) is 120 Å². The number of rotatable bonds is 21. The standard InChI is InChI=1S/C27H25ClN6O4S.C27H25ClN6O2S.C26H23ClN6O2S.C25H21ClN6O3S/c1-15-3-2-4-18(28)22(15)34-24-20-21(32-27(34)37)23(39-26(20)30-14-29-24)25(36)31-17-7-5-16(6-8-17)19(35)13-33-9-11-38-12-10-33;1-16-6-5-7-19(28)22(16)34-24-20-21(32-27(34)36)23(37-26(20)30-15-29-24)25(35)31-18-10-8-17(9-11-18)14-33-12-3-2-4-13-33;27-18-6-2-3-7-19(18)33-23-20-21(31-26(33)35)22(36-25(20)29-15-28-23)24(34)30-17-10-8-16(9-11-17)14-32-12-4-1-5-13-32;26-17-3-1-2-4-18(17)32-22-19-20(30-25(32)34)21(36-24(19)28-14-27-22)23(33)29-16-7-5-15(6-8-16)13-31-9-11-35-12-10-31/h2-8,14,19,35H,9-13H2,1H3,(H,31,36)(H,32,37);5-11,15H,2-4,12-14H2,1H3,(H,31,35)(H,32,36);2-3,6-11,15H,1,4-5,12-14H2,(H,30,34)(H,31,35);1-8,14H,9-13H2,(H,29,33)(H,30,34). The van der Waals surface area contributed by atoms with Crippen molar-refractivity contribution in [2.24, 2.45) is 0 Å². The third-order valence-corrected chi connectivity index (χ3v) is 31.9. The number of thiophene rings is 4. The Bertz CT molecular complexity index is 7580. The number of aliphatic hydroxyl groups excluding tert-OH is 1. The Morgan fingerprint density at radius 3 is 0.946 bits per heavy atom. The van der Waals surface area contributed by atoms with Gasteiger partial charge in [-0.25, -0.2) is 78.6 Å². The number of anilines is 16. The highest BCUT2D eigenvalue weighted by atomic mass is 35.5. The van der Waals surface area contributed by atoms with E-state index < -0.39 is 30.2 Å². The topological polar surface area (TPSA) is 401 Å². The van der Waals surface area contributed by atoms with Gasteiger partial charge in [0.25, 0.3) is 23.6 Å². The number of urea groups is 4. The monoisotopic (exact) mass is 2130 g/mol. The molecule has 8 aliphatic rings. The predicted molar refractivity (Wildman–Crippen MR) is 584 cm³/mol. The van der Waals surface area contributed by atoms with E-state index >= 15 is 0 Å². The highest BCUT2D eigenvalue weighted by Crippen LogP contribution is 2.52. The summed E-state index contributed by atoms with van der Waals surface area (Å²) in [6.07, 6.45) is 12.5. The van der Waals surface area contributed by atoms with Crippen LogP contribution in [0.2, 0.25) is 20.1 Å². The van der Waals surface area contributed by atoms with Crippen LogP contribution in [-0.2, 0) is 29.1 Å². The number of likely N-dealkylation sites (tertiary alicyclic amines) is 2. The van der Waals surface area contributed by atoms with Gasteiger partial charge in [0, 0.05) is 75.1 Å². The molecule has 8 aromatic carbocycles. The number of ether oxygens (including phenoxy) is 2. The molecule has 148 heavy (non-hydrogen) atoms. The first kappa shape index (κ1) is 99.7. The number of carbonyl (C=O) groups is 8. The van der Waals surface area contributed by atoms with Gasteiger partial charge in [0.2, 0.25) is 0 Å². The van der Waals surface area contributed by atoms with Crippen molar-refractivity contribution in [1.29, 1.82) is 0 Å². The summed E-state index contributed by atoms with van der Waals surface area (Å²) in [5, 5.41) is 37.9. The smallest absolute Gasteiger partial charge is 0.332 e. The van der Waals surface area contributed by atoms with Crippen molar-refractivity contribution in [3.63, 3.8) is 0 Å². The Kier molecular flexibility index (Phi) is 29.7. The van der Waals surface area contributed by atoms with Crippen LogP contribution in [0, 0.1) is 13.8 Å². The number of halogens is 4.